The van der Waals surface area contributed by atoms with Crippen LogP contribution in [0.4, 0.5) is 10.5 Å². The SMILES string of the molecule is CCS(=O)(=O)N1CCCC(Oc2ccccc2N2CCN(C(=O)OC(C)(C)C)CC2)C1. The first-order valence-electron chi connectivity index (χ1n) is 11.1. The maximum absolute atomic E-state index is 12.3. The summed E-state index contributed by atoms with van der Waals surface area (Å²) in [6.07, 6.45) is 1.17. The Labute approximate surface area is 186 Å². The zero-order valence-corrected chi connectivity index (χ0v) is 19.9. The predicted octanol–water partition coefficient (Wildman–Crippen LogP) is 2.94. The van der Waals surface area contributed by atoms with E-state index in [1.807, 2.05) is 45.0 Å². The number of rotatable bonds is 5. The number of carbonyl (C=O) groups excluding carboxylic acids is 1. The van der Waals surface area contributed by atoms with Gasteiger partial charge in [-0.25, -0.2) is 13.2 Å². The molecule has 1 aromatic carbocycles. The van der Waals surface area contributed by atoms with Gasteiger partial charge < -0.3 is 19.3 Å². The molecule has 2 aliphatic rings. The Kier molecular flexibility index (Phi) is 7.36. The first-order chi connectivity index (χ1) is 14.6. The molecule has 0 N–H and O–H groups in total. The molecule has 3 rings (SSSR count). The zero-order chi connectivity index (χ0) is 22.6. The number of sulfonamides is 1. The highest BCUT2D eigenvalue weighted by atomic mass is 32.2. The van der Waals surface area contributed by atoms with Crippen molar-refractivity contribution >= 4 is 21.8 Å². The molecule has 0 saturated carbocycles. The maximum Gasteiger partial charge on any atom is 0.410 e. The number of piperazine rings is 1. The van der Waals surface area contributed by atoms with E-state index in [0.717, 1.165) is 24.3 Å². The number of para-hydroxylation sites is 2. The van der Waals surface area contributed by atoms with Crippen LogP contribution in [0.1, 0.15) is 40.5 Å². The van der Waals surface area contributed by atoms with E-state index in [2.05, 4.69) is 4.90 Å². The van der Waals surface area contributed by atoms with Crippen molar-refractivity contribution < 1.29 is 22.7 Å². The minimum absolute atomic E-state index is 0.109. The van der Waals surface area contributed by atoms with Gasteiger partial charge in [0.25, 0.3) is 0 Å². The van der Waals surface area contributed by atoms with Gasteiger partial charge in [0.1, 0.15) is 17.5 Å². The van der Waals surface area contributed by atoms with Gasteiger partial charge in [-0.3, -0.25) is 0 Å². The molecule has 31 heavy (non-hydrogen) atoms. The van der Waals surface area contributed by atoms with Gasteiger partial charge in [-0.1, -0.05) is 12.1 Å². The fourth-order valence-electron chi connectivity index (χ4n) is 3.89. The summed E-state index contributed by atoms with van der Waals surface area (Å²) in [7, 11) is -3.21. The number of hydrogen-bond acceptors (Lipinski definition) is 6. The molecule has 0 bridgehead atoms. The molecule has 0 aromatic heterocycles. The van der Waals surface area contributed by atoms with Gasteiger partial charge >= 0.3 is 6.09 Å². The highest BCUT2D eigenvalue weighted by Crippen LogP contribution is 2.31. The lowest BCUT2D eigenvalue weighted by Crippen LogP contribution is -2.50. The highest BCUT2D eigenvalue weighted by molar-refractivity contribution is 7.89. The normalized spacial score (nSPS) is 21.1. The number of carbonyl (C=O) groups is 1. The fraction of sp³-hybridized carbons (Fsp3) is 0.682. The fourth-order valence-corrected chi connectivity index (χ4v) is 5.06. The summed E-state index contributed by atoms with van der Waals surface area (Å²) >= 11 is 0. The largest absolute Gasteiger partial charge is 0.487 e. The second-order valence-corrected chi connectivity index (χ2v) is 11.3. The van der Waals surface area contributed by atoms with Gasteiger partial charge in [-0.15, -0.1) is 0 Å². The Balaban J connectivity index is 1.63. The summed E-state index contributed by atoms with van der Waals surface area (Å²) in [6.45, 7) is 10.7. The van der Waals surface area contributed by atoms with Crippen molar-refractivity contribution in [2.45, 2.75) is 52.2 Å². The van der Waals surface area contributed by atoms with Crippen LogP contribution in [0.2, 0.25) is 0 Å². The lowest BCUT2D eigenvalue weighted by Gasteiger charge is -2.38. The average molecular weight is 454 g/mol. The number of amides is 1. The van der Waals surface area contributed by atoms with E-state index < -0.39 is 15.6 Å². The van der Waals surface area contributed by atoms with Crippen molar-refractivity contribution in [3.8, 4) is 5.75 Å². The number of ether oxygens (including phenoxy) is 2. The molecule has 9 heteroatoms. The van der Waals surface area contributed by atoms with E-state index in [9.17, 15) is 13.2 Å². The van der Waals surface area contributed by atoms with Crippen molar-refractivity contribution in [1.82, 2.24) is 9.21 Å². The second kappa shape index (κ2) is 9.65. The van der Waals surface area contributed by atoms with Crippen molar-refractivity contribution in [2.24, 2.45) is 0 Å². The van der Waals surface area contributed by atoms with E-state index in [1.54, 1.807) is 16.1 Å². The van der Waals surface area contributed by atoms with Crippen molar-refractivity contribution in [3.05, 3.63) is 24.3 Å². The third-order valence-electron chi connectivity index (χ3n) is 5.53. The molecule has 174 valence electrons. The number of piperidine rings is 1. The third-order valence-corrected chi connectivity index (χ3v) is 7.38. The molecule has 1 aromatic rings. The molecule has 0 spiro atoms. The summed E-state index contributed by atoms with van der Waals surface area (Å²) in [6, 6.07) is 7.85. The Bertz CT molecular complexity index is 860. The van der Waals surface area contributed by atoms with E-state index >= 15 is 0 Å². The van der Waals surface area contributed by atoms with E-state index in [4.69, 9.17) is 9.47 Å². The monoisotopic (exact) mass is 453 g/mol. The van der Waals surface area contributed by atoms with Crippen LogP contribution in [0.5, 0.6) is 5.75 Å². The lowest BCUT2D eigenvalue weighted by molar-refractivity contribution is 0.0240. The molecule has 1 amide bonds. The van der Waals surface area contributed by atoms with Crippen molar-refractivity contribution in [3.63, 3.8) is 0 Å². The van der Waals surface area contributed by atoms with Crippen LogP contribution in [-0.2, 0) is 14.8 Å². The summed E-state index contributed by atoms with van der Waals surface area (Å²) in [5, 5.41) is 0. The standard InChI is InChI=1S/C22H35N3O5S/c1-5-31(27,28)25-12-8-9-18(17-25)29-20-11-7-6-10-19(20)23-13-15-24(16-14-23)21(26)30-22(2,3)4/h6-7,10-11,18H,5,8-9,12-17H2,1-4H3. The van der Waals surface area contributed by atoms with Crippen LogP contribution in [0, 0.1) is 0 Å². The van der Waals surface area contributed by atoms with Gasteiger partial charge in [-0.05, 0) is 52.7 Å². The number of nitrogens with zero attached hydrogens (tertiary/aromatic N) is 3. The van der Waals surface area contributed by atoms with Gasteiger partial charge in [-0.2, -0.15) is 4.31 Å². The summed E-state index contributed by atoms with van der Waals surface area (Å²) in [4.78, 5) is 16.3. The smallest absolute Gasteiger partial charge is 0.410 e. The van der Waals surface area contributed by atoms with E-state index in [0.29, 0.717) is 39.3 Å². The first-order valence-corrected chi connectivity index (χ1v) is 12.7. The molecule has 0 aliphatic carbocycles. The molecule has 2 aliphatic heterocycles. The Hall–Kier alpha value is -2.00. The van der Waals surface area contributed by atoms with Crippen LogP contribution in [0.3, 0.4) is 0 Å². The number of hydrogen-bond donors (Lipinski definition) is 0. The molecule has 2 saturated heterocycles. The minimum atomic E-state index is -3.21. The molecule has 1 atom stereocenters. The molecular weight excluding hydrogens is 418 g/mol. The van der Waals surface area contributed by atoms with Crippen LogP contribution in [0.25, 0.3) is 0 Å². The second-order valence-electron chi connectivity index (χ2n) is 9.06. The maximum atomic E-state index is 12.3. The topological polar surface area (TPSA) is 79.4 Å². The highest BCUT2D eigenvalue weighted by Gasteiger charge is 2.30. The molecule has 2 heterocycles. The van der Waals surface area contributed by atoms with Crippen molar-refractivity contribution in [1.29, 1.82) is 0 Å². The van der Waals surface area contributed by atoms with Crippen LogP contribution >= 0.6 is 0 Å². The van der Waals surface area contributed by atoms with Crippen LogP contribution < -0.4 is 9.64 Å². The van der Waals surface area contributed by atoms with Crippen molar-refractivity contribution in [2.75, 3.05) is 49.9 Å². The summed E-state index contributed by atoms with van der Waals surface area (Å²) < 4.78 is 37.8. The zero-order valence-electron chi connectivity index (χ0n) is 19.0. The average Bonchev–Trinajstić information content (AvgIpc) is 2.73. The molecule has 0 radical (unpaired) electrons. The van der Waals surface area contributed by atoms with E-state index in [-0.39, 0.29) is 18.0 Å². The summed E-state index contributed by atoms with van der Waals surface area (Å²) in [5.41, 5.74) is 0.468. The Morgan fingerprint density at radius 2 is 1.77 bits per heavy atom. The first kappa shape index (κ1) is 23.7. The van der Waals surface area contributed by atoms with Gasteiger partial charge in [0.15, 0.2) is 0 Å². The van der Waals surface area contributed by atoms with Gasteiger partial charge in [0, 0.05) is 32.7 Å². The lowest BCUT2D eigenvalue weighted by atomic mass is 10.1. The van der Waals surface area contributed by atoms with Gasteiger partial charge in [0.2, 0.25) is 10.0 Å². The minimum Gasteiger partial charge on any atom is -0.487 e. The Morgan fingerprint density at radius 1 is 1.10 bits per heavy atom. The molecule has 1 unspecified atom stereocenters. The molecule has 8 nitrogen and oxygen atoms in total. The molecular formula is C22H35N3O5S. The van der Waals surface area contributed by atoms with Crippen LogP contribution in [0.15, 0.2) is 24.3 Å². The Morgan fingerprint density at radius 3 is 2.42 bits per heavy atom. The van der Waals surface area contributed by atoms with E-state index in [1.165, 1.54) is 0 Å². The molecule has 2 fully saturated rings. The summed E-state index contributed by atoms with van der Waals surface area (Å²) in [5.74, 6) is 0.868. The van der Waals surface area contributed by atoms with Gasteiger partial charge in [0.05, 0.1) is 18.0 Å². The number of benzene rings is 1. The third kappa shape index (κ3) is 6.26. The quantitative estimate of drug-likeness (QED) is 0.682. The number of anilines is 1. The predicted molar refractivity (Wildman–Crippen MR) is 121 cm³/mol. The van der Waals surface area contributed by atoms with Crippen LogP contribution in [-0.4, -0.2) is 80.4 Å².